The number of nitrogens with zero attached hydrogens (tertiary/aromatic N) is 1. The van der Waals surface area contributed by atoms with Gasteiger partial charge in [-0.2, -0.15) is 0 Å². The molecule has 0 heterocycles. The first-order chi connectivity index (χ1) is 4.12. The normalized spacial score (nSPS) is 9.50. The molecule has 3 nitrogen and oxygen atoms in total. The zero-order valence-electron chi connectivity index (χ0n) is 5.66. The summed E-state index contributed by atoms with van der Waals surface area (Å²) in [5.41, 5.74) is 0. The molecule has 0 aromatic heterocycles. The van der Waals surface area contributed by atoms with E-state index in [1.165, 1.54) is 0 Å². The first-order valence-corrected chi connectivity index (χ1v) is 3.47. The van der Waals surface area contributed by atoms with Gasteiger partial charge in [0.2, 0.25) is 0 Å². The second-order valence-electron chi connectivity index (χ2n) is 2.32. The van der Waals surface area contributed by atoms with Crippen LogP contribution in [0, 0.1) is 5.75 Å². The van der Waals surface area contributed by atoms with Gasteiger partial charge in [0.25, 0.3) is 0 Å². The van der Waals surface area contributed by atoms with Gasteiger partial charge in [0.05, 0.1) is 0 Å². The molecule has 0 aromatic carbocycles. The summed E-state index contributed by atoms with van der Waals surface area (Å²) in [4.78, 5) is 0. The number of aliphatic hydroxyl groups is 1. The number of rotatable bonds is 2. The van der Waals surface area contributed by atoms with Crippen LogP contribution >= 0.6 is 7.92 Å². The van der Waals surface area contributed by atoms with E-state index in [1.807, 2.05) is 14.1 Å². The van der Waals surface area contributed by atoms with Crippen LogP contribution < -0.4 is 0 Å². The monoisotopic (exact) mass is 188 g/mol. The fraction of sp³-hybridized carbons (Fsp3) is 0.800. The second kappa shape index (κ2) is 7.23. The van der Waals surface area contributed by atoms with E-state index in [4.69, 9.17) is 5.11 Å². The van der Waals surface area contributed by atoms with Gasteiger partial charge < -0.3 is 0 Å². The Bertz CT molecular complexity index is 175. The predicted molar refractivity (Wildman–Crippen MR) is 42.7 cm³/mol. The standard InChI is InChI=1S/C5H11NO2P.K.H/c1-6(2,3-4-7)5-9-8;;/h7H,3-4H2,1-2H3;;/q+1;;. The molecule has 0 saturated heterocycles. The Morgan fingerprint density at radius 2 is 2.10 bits per heavy atom. The van der Waals surface area contributed by atoms with Crippen LogP contribution in [0.1, 0.15) is 0 Å². The van der Waals surface area contributed by atoms with Crippen molar-refractivity contribution in [2.75, 3.05) is 27.2 Å². The van der Waals surface area contributed by atoms with E-state index < -0.39 is 0 Å². The summed E-state index contributed by atoms with van der Waals surface area (Å²) in [6, 6.07) is 0. The third-order valence-electron chi connectivity index (χ3n) is 0.971. The summed E-state index contributed by atoms with van der Waals surface area (Å²) in [6.07, 6.45) is 0. The SMILES string of the molecule is C[N+](C)(C#P=O)CCO.[KH]. The van der Waals surface area contributed by atoms with E-state index in [-0.39, 0.29) is 65.9 Å². The molecule has 0 amide bonds. The molecule has 5 heteroatoms. The Kier molecular flexibility index (Phi) is 10.2. The van der Waals surface area contributed by atoms with Crippen molar-refractivity contribution >= 4 is 59.3 Å². The van der Waals surface area contributed by atoms with Gasteiger partial charge in [-0.15, -0.1) is 0 Å². The minimum absolute atomic E-state index is 0. The first-order valence-electron chi connectivity index (χ1n) is 2.66. The third kappa shape index (κ3) is 7.67. The van der Waals surface area contributed by atoms with E-state index in [9.17, 15) is 4.57 Å². The molecule has 0 radical (unpaired) electrons. The van der Waals surface area contributed by atoms with Crippen molar-refractivity contribution in [3.63, 3.8) is 0 Å². The van der Waals surface area contributed by atoms with Crippen LogP contribution in [0.2, 0.25) is 0 Å². The number of hydrogen-bond donors (Lipinski definition) is 1. The van der Waals surface area contributed by atoms with Gasteiger partial charge in [0, 0.05) is 0 Å². The van der Waals surface area contributed by atoms with Crippen molar-refractivity contribution in [1.82, 2.24) is 0 Å². The van der Waals surface area contributed by atoms with Gasteiger partial charge in [-0.25, -0.2) is 0 Å². The molecule has 0 fully saturated rings. The van der Waals surface area contributed by atoms with E-state index >= 15 is 0 Å². The van der Waals surface area contributed by atoms with Crippen molar-refractivity contribution < 1.29 is 14.2 Å². The van der Waals surface area contributed by atoms with Crippen LogP contribution in [-0.2, 0) is 4.57 Å². The van der Waals surface area contributed by atoms with Crippen molar-refractivity contribution in [3.05, 3.63) is 0 Å². The fourth-order valence-electron chi connectivity index (χ4n) is 0.411. The number of aliphatic hydroxyl groups excluding tert-OH is 1. The van der Waals surface area contributed by atoms with Gasteiger partial charge in [0.15, 0.2) is 0 Å². The summed E-state index contributed by atoms with van der Waals surface area (Å²) >= 11 is 0. The quantitative estimate of drug-likeness (QED) is 0.364. The number of hydrogen-bond acceptors (Lipinski definition) is 2. The number of likely N-dealkylation sites (N-methyl/N-ethyl adjacent to an activating group) is 1. The van der Waals surface area contributed by atoms with Crippen molar-refractivity contribution in [2.24, 2.45) is 0 Å². The molecular weight excluding hydrogens is 176 g/mol. The zero-order chi connectivity index (χ0) is 7.33. The van der Waals surface area contributed by atoms with Gasteiger partial charge in [-0.1, -0.05) is 0 Å². The molecule has 0 aliphatic rings. The van der Waals surface area contributed by atoms with Gasteiger partial charge in [0.1, 0.15) is 0 Å². The number of quaternary nitrogens is 1. The Balaban J connectivity index is 0. The van der Waals surface area contributed by atoms with Crippen LogP contribution in [0.25, 0.3) is 0 Å². The average Bonchev–Trinajstić information content (AvgIpc) is 1.64. The van der Waals surface area contributed by atoms with Crippen LogP contribution in [0.5, 0.6) is 0 Å². The van der Waals surface area contributed by atoms with Crippen LogP contribution in [0.15, 0.2) is 0 Å². The molecule has 10 heavy (non-hydrogen) atoms. The van der Waals surface area contributed by atoms with E-state index in [1.54, 1.807) is 0 Å². The molecular formula is C5H12KNO2P+. The summed E-state index contributed by atoms with van der Waals surface area (Å²) in [5, 5.41) is 8.47. The van der Waals surface area contributed by atoms with Gasteiger partial charge in [-0.05, 0) is 0 Å². The van der Waals surface area contributed by atoms with E-state index in [0.29, 0.717) is 11.0 Å². The van der Waals surface area contributed by atoms with Crippen LogP contribution in [0.4, 0.5) is 0 Å². The Morgan fingerprint density at radius 3 is 2.40 bits per heavy atom. The molecule has 0 aromatic rings. The topological polar surface area (TPSA) is 37.3 Å². The Labute approximate surface area is 105 Å². The van der Waals surface area contributed by atoms with Gasteiger partial charge >= 0.3 is 106 Å². The van der Waals surface area contributed by atoms with E-state index in [0.717, 1.165) is 0 Å². The Morgan fingerprint density at radius 1 is 1.60 bits per heavy atom. The maximum absolute atomic E-state index is 9.98. The Hall–Kier alpha value is 1.57. The molecule has 0 saturated carbocycles. The van der Waals surface area contributed by atoms with Gasteiger partial charge in [-0.3, -0.25) is 0 Å². The molecule has 0 aliphatic heterocycles. The molecule has 0 aliphatic carbocycles. The van der Waals surface area contributed by atoms with Crippen molar-refractivity contribution in [1.29, 1.82) is 0 Å². The zero-order valence-corrected chi connectivity index (χ0v) is 6.56. The minimum atomic E-state index is -0.105. The molecule has 1 N–H and O–H groups in total. The van der Waals surface area contributed by atoms with Crippen molar-refractivity contribution in [3.8, 4) is 5.75 Å². The molecule has 0 unspecified atom stereocenters. The average molecular weight is 188 g/mol. The summed E-state index contributed by atoms with van der Waals surface area (Å²) < 4.78 is 10.3. The van der Waals surface area contributed by atoms with E-state index in [2.05, 4.69) is 5.75 Å². The molecule has 54 valence electrons. The van der Waals surface area contributed by atoms with Crippen LogP contribution in [-0.4, -0.2) is 88.2 Å². The summed E-state index contributed by atoms with van der Waals surface area (Å²) in [5.74, 6) is 2.62. The fourth-order valence-corrected chi connectivity index (χ4v) is 0.732. The second-order valence-corrected chi connectivity index (χ2v) is 2.71. The molecule has 0 spiro atoms. The van der Waals surface area contributed by atoms with Crippen molar-refractivity contribution in [2.45, 2.75) is 0 Å². The summed E-state index contributed by atoms with van der Waals surface area (Å²) in [7, 11) is 3.54. The molecule has 0 atom stereocenters. The maximum atomic E-state index is 9.98. The summed E-state index contributed by atoms with van der Waals surface area (Å²) in [6.45, 7) is 0.644. The first kappa shape index (κ1) is 14.1. The predicted octanol–water partition coefficient (Wildman–Crippen LogP) is -0.385. The molecule has 0 bridgehead atoms. The van der Waals surface area contributed by atoms with Crippen LogP contribution in [0.3, 0.4) is 0 Å². The molecule has 0 rings (SSSR count). The third-order valence-corrected chi connectivity index (χ3v) is 1.59.